The molecular weight excluding hydrogens is 239 g/mol. The molecule has 0 unspecified atom stereocenters. The van der Waals surface area contributed by atoms with Gasteiger partial charge in [-0.1, -0.05) is 96.1 Å². The van der Waals surface area contributed by atoms with E-state index in [4.69, 9.17) is 0 Å². The minimum Gasteiger partial charge on any atom is -0.106 e. The maximum Gasteiger partial charge on any atom is 0.144 e. The van der Waals surface area contributed by atoms with Crippen LogP contribution in [-0.2, 0) is 0 Å². The van der Waals surface area contributed by atoms with Crippen molar-refractivity contribution < 1.29 is 0 Å². The quantitative estimate of drug-likeness (QED) is 0.293. The van der Waals surface area contributed by atoms with Crippen LogP contribution in [0.1, 0.15) is 46.5 Å². The van der Waals surface area contributed by atoms with Gasteiger partial charge in [0.25, 0.3) is 0 Å². The van der Waals surface area contributed by atoms with Crippen LogP contribution in [0.3, 0.4) is 0 Å². The summed E-state index contributed by atoms with van der Waals surface area (Å²) < 4.78 is 0. The molecule has 114 valence electrons. The van der Waals surface area contributed by atoms with E-state index in [2.05, 4.69) is 53.2 Å². The van der Waals surface area contributed by atoms with E-state index in [0.717, 1.165) is 12.6 Å². The van der Waals surface area contributed by atoms with Crippen LogP contribution in [0.25, 0.3) is 0 Å². The summed E-state index contributed by atoms with van der Waals surface area (Å²) in [6.45, 7) is 21.1. The van der Waals surface area contributed by atoms with Gasteiger partial charge in [0.15, 0.2) is 0 Å². The first-order valence-electron chi connectivity index (χ1n) is 8.15. The lowest BCUT2D eigenvalue weighted by molar-refractivity contribution is 0.457. The molecule has 0 aliphatic carbocycles. The van der Waals surface area contributed by atoms with E-state index in [1.54, 1.807) is 0 Å². The van der Waals surface area contributed by atoms with E-state index in [-0.39, 0.29) is 0 Å². The molecule has 0 N–H and O–H groups in total. The Bertz CT molecular complexity index is 257. The number of rotatable bonds is 5. The van der Waals surface area contributed by atoms with Gasteiger partial charge in [-0.05, 0) is 12.2 Å². The molecule has 0 saturated carbocycles. The average Bonchev–Trinajstić information content (AvgIpc) is 2.50. The molecule has 0 nitrogen and oxygen atoms in total. The summed E-state index contributed by atoms with van der Waals surface area (Å²) in [5.41, 5.74) is 1.35. The monoisotopic (exact) mass is 274 g/mol. The number of hydrogen-bond acceptors (Lipinski definition) is 0. The fourth-order valence-electron chi connectivity index (χ4n) is 2.55. The second-order valence-corrected chi connectivity index (χ2v) is 5.39. The molecule has 1 rings (SSSR count). The third-order valence-corrected chi connectivity index (χ3v) is 3.66. The Balaban J connectivity index is 0. The first kappa shape index (κ1) is 21.3. The van der Waals surface area contributed by atoms with E-state index >= 15 is 0 Å². The van der Waals surface area contributed by atoms with Gasteiger partial charge in [-0.15, -0.1) is 13.2 Å². The first-order valence-corrected chi connectivity index (χ1v) is 8.15. The van der Waals surface area contributed by atoms with Crippen LogP contribution >= 0.6 is 0 Å². The summed E-state index contributed by atoms with van der Waals surface area (Å²) in [7, 11) is 0. The maximum atomic E-state index is 3.86. The average molecular weight is 274 g/mol. The van der Waals surface area contributed by atoms with Gasteiger partial charge >= 0.3 is 0 Å². The van der Waals surface area contributed by atoms with E-state index in [1.165, 1.54) is 50.2 Å². The van der Waals surface area contributed by atoms with Crippen LogP contribution in [0.15, 0.2) is 50.1 Å². The third kappa shape index (κ3) is 10.9. The van der Waals surface area contributed by atoms with E-state index in [9.17, 15) is 0 Å². The van der Waals surface area contributed by atoms with Crippen LogP contribution < -0.4 is 0 Å². The lowest BCUT2D eigenvalue weighted by atomic mass is 9.37. The van der Waals surface area contributed by atoms with Gasteiger partial charge in [-0.3, -0.25) is 0 Å². The van der Waals surface area contributed by atoms with Crippen LogP contribution in [0.5, 0.6) is 0 Å². The molecule has 1 heterocycles. The van der Waals surface area contributed by atoms with Gasteiger partial charge < -0.3 is 0 Å². The van der Waals surface area contributed by atoms with Crippen molar-refractivity contribution in [3.05, 3.63) is 50.1 Å². The highest BCUT2D eigenvalue weighted by molar-refractivity contribution is 6.59. The summed E-state index contributed by atoms with van der Waals surface area (Å²) in [6.07, 6.45) is 15.4. The molecule has 20 heavy (non-hydrogen) atoms. The predicted octanol–water partition coefficient (Wildman–Crippen LogP) is 6.82. The summed E-state index contributed by atoms with van der Waals surface area (Å²) >= 11 is 0. The minimum atomic E-state index is 0.886. The fraction of sp³-hybridized carbons (Fsp3) is 0.579. The normalized spacial score (nSPS) is 15.3. The highest BCUT2D eigenvalue weighted by atomic mass is 14.1. The zero-order valence-electron chi connectivity index (χ0n) is 14.2. The molecule has 0 radical (unpaired) electrons. The molecular formula is C19H35B. The Morgan fingerprint density at radius 2 is 1.60 bits per heavy atom. The van der Waals surface area contributed by atoms with E-state index < -0.39 is 0 Å². The SMILES string of the molecule is C=C.C=C/C=C(\C=C)CB1CCC(CC)CC1.CCC. The lowest BCUT2D eigenvalue weighted by Gasteiger charge is -2.25. The van der Waals surface area contributed by atoms with Gasteiger partial charge in [-0.2, -0.15) is 0 Å². The Morgan fingerprint density at radius 3 is 1.95 bits per heavy atom. The standard InChI is InChI=1S/C14H23B.C3H8.C2H4/c1-4-7-14(6-3)12-15-10-8-13(5-2)9-11-15;1-3-2;1-2/h4,6-7,13H,1,3,5,8-12H2,2H3;3H2,1-2H3;1-2H2/b14-7+;;. The Morgan fingerprint density at radius 1 is 1.10 bits per heavy atom. The molecule has 1 aliphatic rings. The minimum absolute atomic E-state index is 0.886. The highest BCUT2D eigenvalue weighted by Gasteiger charge is 2.22. The van der Waals surface area contributed by atoms with Gasteiger partial charge in [0.2, 0.25) is 0 Å². The zero-order valence-corrected chi connectivity index (χ0v) is 14.2. The highest BCUT2D eigenvalue weighted by Crippen LogP contribution is 2.30. The molecule has 1 aliphatic heterocycles. The predicted molar refractivity (Wildman–Crippen MR) is 98.9 cm³/mol. The molecule has 0 spiro atoms. The first-order chi connectivity index (χ1) is 9.71. The number of allylic oxidation sites excluding steroid dienone is 4. The topological polar surface area (TPSA) is 0 Å². The smallest absolute Gasteiger partial charge is 0.106 e. The van der Waals surface area contributed by atoms with Crippen molar-refractivity contribution in [3.63, 3.8) is 0 Å². The van der Waals surface area contributed by atoms with Crippen molar-refractivity contribution in [2.45, 2.75) is 65.4 Å². The summed E-state index contributed by atoms with van der Waals surface area (Å²) in [5.74, 6) is 0.997. The van der Waals surface area contributed by atoms with Crippen molar-refractivity contribution in [1.82, 2.24) is 0 Å². The van der Waals surface area contributed by atoms with Crippen molar-refractivity contribution >= 4 is 6.71 Å². The van der Waals surface area contributed by atoms with Crippen molar-refractivity contribution in [1.29, 1.82) is 0 Å². The Labute approximate surface area is 128 Å². The molecule has 0 amide bonds. The second kappa shape index (κ2) is 16.1. The molecule has 0 aromatic heterocycles. The molecule has 1 fully saturated rings. The van der Waals surface area contributed by atoms with Gasteiger partial charge in [0, 0.05) is 0 Å². The fourth-order valence-corrected chi connectivity index (χ4v) is 2.55. The summed E-state index contributed by atoms with van der Waals surface area (Å²) in [5, 5.41) is 0. The molecule has 0 aromatic rings. The molecule has 0 bridgehead atoms. The van der Waals surface area contributed by atoms with Gasteiger partial charge in [0.1, 0.15) is 6.71 Å². The van der Waals surface area contributed by atoms with Crippen molar-refractivity contribution in [3.8, 4) is 0 Å². The summed E-state index contributed by atoms with van der Waals surface area (Å²) in [4.78, 5) is 0. The lowest BCUT2D eigenvalue weighted by Crippen LogP contribution is -2.21. The van der Waals surface area contributed by atoms with Gasteiger partial charge in [0.05, 0.1) is 0 Å². The molecule has 1 saturated heterocycles. The summed E-state index contributed by atoms with van der Waals surface area (Å²) in [6, 6.07) is 0. The third-order valence-electron chi connectivity index (χ3n) is 3.66. The Kier molecular flexibility index (Phi) is 17.1. The Hall–Kier alpha value is -0.975. The van der Waals surface area contributed by atoms with Crippen molar-refractivity contribution in [2.75, 3.05) is 0 Å². The zero-order chi connectivity index (χ0) is 15.8. The van der Waals surface area contributed by atoms with Crippen LogP contribution in [0.4, 0.5) is 0 Å². The molecule has 0 atom stereocenters. The van der Waals surface area contributed by atoms with Crippen molar-refractivity contribution in [2.24, 2.45) is 5.92 Å². The number of hydrogen-bond donors (Lipinski definition) is 0. The van der Waals surface area contributed by atoms with E-state index in [1.807, 2.05) is 12.2 Å². The van der Waals surface area contributed by atoms with E-state index in [0.29, 0.717) is 0 Å². The van der Waals surface area contributed by atoms with Gasteiger partial charge in [-0.25, -0.2) is 0 Å². The maximum absolute atomic E-state index is 3.86. The largest absolute Gasteiger partial charge is 0.144 e. The molecule has 0 aromatic carbocycles. The van der Waals surface area contributed by atoms with Crippen LogP contribution in [0.2, 0.25) is 19.0 Å². The second-order valence-electron chi connectivity index (χ2n) is 5.39. The van der Waals surface area contributed by atoms with Crippen LogP contribution in [0, 0.1) is 5.92 Å². The van der Waals surface area contributed by atoms with Crippen LogP contribution in [-0.4, -0.2) is 6.71 Å². The molecule has 1 heteroatoms.